The molecule has 0 saturated carbocycles. The number of urea groups is 1. The normalized spacial score (nSPS) is 30.1. The van der Waals surface area contributed by atoms with Crippen LogP contribution in [0, 0.1) is 0 Å². The zero-order valence-corrected chi connectivity index (χ0v) is 24.0. The van der Waals surface area contributed by atoms with Gasteiger partial charge in [-0.2, -0.15) is 0 Å². The number of hydrogen-bond acceptors (Lipinski definition) is 13. The molecule has 5 aliphatic heterocycles. The molecule has 5 aliphatic rings. The number of para-hydroxylation sites is 1. The second kappa shape index (κ2) is 9.54. The third-order valence-corrected chi connectivity index (χ3v) is 8.98. The third kappa shape index (κ3) is 4.18. The van der Waals surface area contributed by atoms with Gasteiger partial charge >= 0.3 is 6.03 Å². The molecular weight excluding hydrogens is 562 g/mol. The van der Waals surface area contributed by atoms with Crippen molar-refractivity contribution in [2.75, 3.05) is 32.8 Å². The van der Waals surface area contributed by atoms with Gasteiger partial charge in [-0.25, -0.2) is 14.8 Å². The van der Waals surface area contributed by atoms with Crippen molar-refractivity contribution in [1.29, 1.82) is 0 Å². The first-order valence-corrected chi connectivity index (χ1v) is 14.0. The van der Waals surface area contributed by atoms with Crippen LogP contribution in [0.3, 0.4) is 0 Å². The molecule has 3 unspecified atom stereocenters. The summed E-state index contributed by atoms with van der Waals surface area (Å²) in [5.41, 5.74) is 11.4. The largest absolute Gasteiger partial charge is 0.492 e. The number of aliphatic hydroxyl groups is 2. The van der Waals surface area contributed by atoms with E-state index in [4.69, 9.17) is 16.2 Å². The minimum absolute atomic E-state index is 0.135. The van der Waals surface area contributed by atoms with Crippen LogP contribution in [0.15, 0.2) is 28.2 Å². The Morgan fingerprint density at radius 2 is 1.95 bits per heavy atom. The number of ether oxygens (including phenoxy) is 1. The van der Waals surface area contributed by atoms with Crippen LogP contribution in [0.25, 0.3) is 0 Å². The fourth-order valence-corrected chi connectivity index (χ4v) is 6.77. The lowest BCUT2D eigenvalue weighted by atomic mass is 9.79. The van der Waals surface area contributed by atoms with Crippen molar-refractivity contribution in [3.63, 3.8) is 0 Å². The van der Waals surface area contributed by atoms with Crippen LogP contribution < -0.4 is 26.8 Å². The van der Waals surface area contributed by atoms with Gasteiger partial charge in [-0.1, -0.05) is 26.0 Å². The van der Waals surface area contributed by atoms with Crippen molar-refractivity contribution in [2.45, 2.75) is 62.2 Å². The highest BCUT2D eigenvalue weighted by Crippen LogP contribution is 2.45. The molecule has 2 saturated heterocycles. The standard InChI is InChI=1S/C27H35N9O7/c1-13(37)9-34-12-18(38)35(24(34)40)10-16-20-26(33-22(28)32-20)27(41,42)17(11-36(26)23(29)30-16)31-21(39)14-5-4-6-15-19(14)43-8-7-25(15,2)3/h4-6,16-17,20,41-42H,7-12H2,1-3H3,(H2,29,30)(H,31,39)(H3,28,32,33)/t16-,17?,20?,26?/m0/s1. The van der Waals surface area contributed by atoms with Crippen molar-refractivity contribution in [3.8, 4) is 5.75 Å². The van der Waals surface area contributed by atoms with E-state index in [0.29, 0.717) is 12.4 Å². The van der Waals surface area contributed by atoms with Crippen LogP contribution in [-0.4, -0.2) is 123 Å². The molecule has 16 heteroatoms. The maximum Gasteiger partial charge on any atom is 0.327 e. The van der Waals surface area contributed by atoms with Crippen LogP contribution >= 0.6 is 0 Å². The predicted octanol–water partition coefficient (Wildman–Crippen LogP) is -2.63. The summed E-state index contributed by atoms with van der Waals surface area (Å²) < 4.78 is 5.88. The van der Waals surface area contributed by atoms with Gasteiger partial charge in [-0.15, -0.1) is 0 Å². The van der Waals surface area contributed by atoms with Gasteiger partial charge in [-0.3, -0.25) is 19.3 Å². The summed E-state index contributed by atoms with van der Waals surface area (Å²) in [7, 11) is 0. The molecule has 0 bridgehead atoms. The molecule has 4 atom stereocenters. The molecule has 8 N–H and O–H groups in total. The van der Waals surface area contributed by atoms with E-state index in [-0.39, 0.29) is 54.9 Å². The number of amides is 4. The van der Waals surface area contributed by atoms with Crippen LogP contribution in [-0.2, 0) is 15.0 Å². The van der Waals surface area contributed by atoms with E-state index < -0.39 is 47.4 Å². The maximum atomic E-state index is 13.6. The van der Waals surface area contributed by atoms with Crippen molar-refractivity contribution in [3.05, 3.63) is 29.3 Å². The van der Waals surface area contributed by atoms with Gasteiger partial charge in [0.1, 0.15) is 30.2 Å². The molecule has 5 heterocycles. The van der Waals surface area contributed by atoms with Crippen molar-refractivity contribution in [1.82, 2.24) is 25.3 Å². The Bertz CT molecular complexity index is 1490. The van der Waals surface area contributed by atoms with E-state index in [0.717, 1.165) is 21.8 Å². The molecule has 16 nitrogen and oxygen atoms in total. The second-order valence-electron chi connectivity index (χ2n) is 12.3. The second-order valence-corrected chi connectivity index (χ2v) is 12.3. The summed E-state index contributed by atoms with van der Waals surface area (Å²) >= 11 is 0. The van der Waals surface area contributed by atoms with E-state index in [1.165, 1.54) is 11.8 Å². The summed E-state index contributed by atoms with van der Waals surface area (Å²) in [6.07, 6.45) is 0.777. The average Bonchev–Trinajstić information content (AvgIpc) is 3.49. The Labute approximate surface area is 246 Å². The number of ketones is 1. The number of guanidine groups is 2. The van der Waals surface area contributed by atoms with Gasteiger partial charge in [0.15, 0.2) is 17.6 Å². The molecule has 0 aromatic heterocycles. The van der Waals surface area contributed by atoms with Gasteiger partial charge in [0.05, 0.1) is 31.3 Å². The molecule has 6 rings (SSSR count). The number of Topliss-reactive ketones (excluding diaryl/α,β-unsaturated/α-hetero) is 1. The molecule has 1 spiro atoms. The van der Waals surface area contributed by atoms with E-state index in [2.05, 4.69) is 34.5 Å². The molecule has 0 radical (unpaired) electrons. The van der Waals surface area contributed by atoms with Gasteiger partial charge < -0.3 is 46.9 Å². The number of hydrogen-bond donors (Lipinski definition) is 6. The first-order chi connectivity index (χ1) is 20.2. The Morgan fingerprint density at radius 3 is 2.67 bits per heavy atom. The lowest BCUT2D eigenvalue weighted by Crippen LogP contribution is -2.78. The van der Waals surface area contributed by atoms with Gasteiger partial charge in [0.25, 0.3) is 5.91 Å². The highest BCUT2D eigenvalue weighted by Gasteiger charge is 2.73. The molecule has 43 heavy (non-hydrogen) atoms. The van der Waals surface area contributed by atoms with Crippen molar-refractivity contribution in [2.24, 2.45) is 21.5 Å². The molecule has 230 valence electrons. The van der Waals surface area contributed by atoms with Gasteiger partial charge in [0, 0.05) is 12.1 Å². The predicted molar refractivity (Wildman–Crippen MR) is 151 cm³/mol. The van der Waals surface area contributed by atoms with E-state index in [1.807, 2.05) is 6.07 Å². The zero-order chi connectivity index (χ0) is 31.1. The Morgan fingerprint density at radius 1 is 1.21 bits per heavy atom. The molecular formula is C27H35N9O7. The minimum Gasteiger partial charge on any atom is -0.492 e. The zero-order valence-electron chi connectivity index (χ0n) is 24.0. The monoisotopic (exact) mass is 597 g/mol. The molecule has 1 aromatic rings. The van der Waals surface area contributed by atoms with Crippen molar-refractivity contribution >= 4 is 35.5 Å². The number of nitrogens with two attached hydrogens (primary N) is 2. The maximum absolute atomic E-state index is 13.6. The quantitative estimate of drug-likeness (QED) is 0.147. The summed E-state index contributed by atoms with van der Waals surface area (Å²) in [6, 6.07) is 1.12. The number of fused-ring (bicyclic) bond motifs is 1. The van der Waals surface area contributed by atoms with Gasteiger partial charge in [0.2, 0.25) is 11.7 Å². The Balaban J connectivity index is 1.29. The molecule has 0 aliphatic carbocycles. The molecule has 4 amide bonds. The topological polar surface area (TPSA) is 229 Å². The third-order valence-electron chi connectivity index (χ3n) is 8.98. The lowest BCUT2D eigenvalue weighted by molar-refractivity contribution is -0.230. The number of nitrogens with zero attached hydrogens (tertiary/aromatic N) is 5. The van der Waals surface area contributed by atoms with Crippen LogP contribution in [0.1, 0.15) is 43.1 Å². The first-order valence-electron chi connectivity index (χ1n) is 14.0. The number of imide groups is 1. The molecule has 2 fully saturated rings. The van der Waals surface area contributed by atoms with Crippen LogP contribution in [0.5, 0.6) is 5.75 Å². The van der Waals surface area contributed by atoms with Gasteiger partial charge in [-0.05, 0) is 24.8 Å². The smallest absolute Gasteiger partial charge is 0.327 e. The summed E-state index contributed by atoms with van der Waals surface area (Å²) in [5, 5.41) is 29.1. The fraction of sp³-hybridized carbons (Fsp3) is 0.556. The number of benzene rings is 1. The van der Waals surface area contributed by atoms with E-state index in [1.54, 1.807) is 12.1 Å². The highest BCUT2D eigenvalue weighted by molar-refractivity contribution is 6.03. The Kier molecular flexibility index (Phi) is 6.36. The van der Waals surface area contributed by atoms with Crippen LogP contribution in [0.4, 0.5) is 4.79 Å². The minimum atomic E-state index is -2.72. The molecule has 1 aromatic carbocycles. The Hall–Kier alpha value is -4.44. The first kappa shape index (κ1) is 28.7. The lowest BCUT2D eigenvalue weighted by Gasteiger charge is -2.49. The fourth-order valence-electron chi connectivity index (χ4n) is 6.77. The summed E-state index contributed by atoms with van der Waals surface area (Å²) in [4.78, 5) is 63.1. The average molecular weight is 598 g/mol. The summed E-state index contributed by atoms with van der Waals surface area (Å²) in [6.45, 7) is 4.88. The number of carbonyl (C=O) groups excluding carboxylic acids is 4. The van der Waals surface area contributed by atoms with E-state index in [9.17, 15) is 29.4 Å². The van der Waals surface area contributed by atoms with Crippen LogP contribution in [0.2, 0.25) is 0 Å². The van der Waals surface area contributed by atoms with E-state index >= 15 is 0 Å². The number of aliphatic imine (C=N–C) groups is 2. The number of carbonyl (C=O) groups is 4. The SMILES string of the molecule is CC(=O)CN1CC(=O)N(C[C@@H]2N=C(N)N3CC(NC(=O)c4cccc5c4OCCC5(C)C)C(O)(O)C34NC(N)=NC24)C1=O. The highest BCUT2D eigenvalue weighted by atomic mass is 16.5. The van der Waals surface area contributed by atoms with Crippen molar-refractivity contribution < 1.29 is 34.1 Å². The number of nitrogens with one attached hydrogen (secondary N) is 2. The summed E-state index contributed by atoms with van der Waals surface area (Å²) in [5.74, 6) is -3.98. The number of rotatable bonds is 6.